The SMILES string of the molecule is COCCN1CC[C@H](C(=O)NCc2nc(C)cc(C(F)(F)F)n2)C1. The maximum Gasteiger partial charge on any atom is 0.433 e. The van der Waals surface area contributed by atoms with Crippen LogP contribution in [0.2, 0.25) is 0 Å². The lowest BCUT2D eigenvalue weighted by Crippen LogP contribution is -2.33. The Morgan fingerprint density at radius 3 is 2.88 bits per heavy atom. The highest BCUT2D eigenvalue weighted by atomic mass is 19.4. The molecule has 1 fully saturated rings. The van der Waals surface area contributed by atoms with Gasteiger partial charge in [-0.3, -0.25) is 4.79 Å². The van der Waals surface area contributed by atoms with Crippen LogP contribution < -0.4 is 5.32 Å². The number of hydrogen-bond donors (Lipinski definition) is 1. The number of nitrogens with zero attached hydrogens (tertiary/aromatic N) is 3. The summed E-state index contributed by atoms with van der Waals surface area (Å²) in [5, 5.41) is 2.63. The van der Waals surface area contributed by atoms with E-state index in [-0.39, 0.29) is 29.9 Å². The van der Waals surface area contributed by atoms with E-state index in [0.717, 1.165) is 25.6 Å². The van der Waals surface area contributed by atoms with Gasteiger partial charge in [-0.2, -0.15) is 13.2 Å². The summed E-state index contributed by atoms with van der Waals surface area (Å²) in [7, 11) is 1.62. The Hall–Kier alpha value is -1.74. The maximum absolute atomic E-state index is 12.7. The Labute approximate surface area is 138 Å². The fourth-order valence-corrected chi connectivity index (χ4v) is 2.63. The topological polar surface area (TPSA) is 67.3 Å². The van der Waals surface area contributed by atoms with Gasteiger partial charge in [0.15, 0.2) is 0 Å². The number of rotatable bonds is 6. The van der Waals surface area contributed by atoms with Crippen molar-refractivity contribution in [2.24, 2.45) is 5.92 Å². The molecule has 0 aliphatic carbocycles. The highest BCUT2D eigenvalue weighted by Crippen LogP contribution is 2.27. The van der Waals surface area contributed by atoms with Gasteiger partial charge in [0.25, 0.3) is 0 Å². The van der Waals surface area contributed by atoms with Gasteiger partial charge < -0.3 is 15.0 Å². The van der Waals surface area contributed by atoms with Crippen molar-refractivity contribution in [2.45, 2.75) is 26.1 Å². The number of likely N-dealkylation sites (tertiary alicyclic amines) is 1. The van der Waals surface area contributed by atoms with Crippen molar-refractivity contribution in [2.75, 3.05) is 33.4 Å². The Bertz CT molecular complexity index is 580. The third kappa shape index (κ3) is 5.13. The number of methoxy groups -OCH3 is 1. The fraction of sp³-hybridized carbons (Fsp3) is 0.667. The molecule has 2 heterocycles. The van der Waals surface area contributed by atoms with Crippen molar-refractivity contribution >= 4 is 5.91 Å². The normalized spacial score (nSPS) is 18.8. The summed E-state index contributed by atoms with van der Waals surface area (Å²) in [4.78, 5) is 21.7. The molecule has 1 atom stereocenters. The number of aromatic nitrogens is 2. The van der Waals surface area contributed by atoms with E-state index in [2.05, 4.69) is 20.2 Å². The number of ether oxygens (including phenoxy) is 1. The molecule has 1 aliphatic heterocycles. The molecule has 0 unspecified atom stereocenters. The molecule has 0 bridgehead atoms. The van der Waals surface area contributed by atoms with Crippen LogP contribution in [-0.4, -0.2) is 54.1 Å². The quantitative estimate of drug-likeness (QED) is 0.843. The first kappa shape index (κ1) is 18.6. The molecule has 1 N–H and O–H groups in total. The summed E-state index contributed by atoms with van der Waals surface area (Å²) in [6.07, 6.45) is -3.81. The third-order valence-electron chi connectivity index (χ3n) is 3.87. The van der Waals surface area contributed by atoms with Crippen LogP contribution in [0.3, 0.4) is 0 Å². The molecular formula is C15H21F3N4O2. The zero-order valence-electron chi connectivity index (χ0n) is 13.7. The number of carbonyl (C=O) groups is 1. The Balaban J connectivity index is 1.89. The minimum Gasteiger partial charge on any atom is -0.383 e. The van der Waals surface area contributed by atoms with Crippen molar-refractivity contribution in [3.8, 4) is 0 Å². The standard InChI is InChI=1S/C15H21F3N4O2/c1-10-7-12(15(16,17)18)21-13(20-10)8-19-14(23)11-3-4-22(9-11)5-6-24-2/h7,11H,3-6,8-9H2,1-2H3,(H,19,23)/t11-/m0/s1. The largest absolute Gasteiger partial charge is 0.433 e. The van der Waals surface area contributed by atoms with Crippen LogP contribution in [0, 0.1) is 12.8 Å². The second kappa shape index (κ2) is 7.89. The molecule has 134 valence electrons. The minimum atomic E-state index is -4.53. The van der Waals surface area contributed by atoms with Crippen LogP contribution in [0.15, 0.2) is 6.07 Å². The lowest BCUT2D eigenvalue weighted by atomic mass is 10.1. The second-order valence-corrected chi connectivity index (χ2v) is 5.81. The van der Waals surface area contributed by atoms with E-state index in [1.54, 1.807) is 7.11 Å². The number of alkyl halides is 3. The molecule has 0 saturated carbocycles. The third-order valence-corrected chi connectivity index (χ3v) is 3.87. The van der Waals surface area contributed by atoms with Gasteiger partial charge in [0.05, 0.1) is 19.1 Å². The molecule has 0 radical (unpaired) electrons. The second-order valence-electron chi connectivity index (χ2n) is 5.81. The van der Waals surface area contributed by atoms with Crippen LogP contribution in [-0.2, 0) is 22.3 Å². The van der Waals surface area contributed by atoms with Crippen LogP contribution in [0.1, 0.15) is 23.6 Å². The Kier molecular flexibility index (Phi) is 6.11. The van der Waals surface area contributed by atoms with Gasteiger partial charge in [0.1, 0.15) is 11.5 Å². The molecule has 1 aromatic heterocycles. The number of halogens is 3. The average molecular weight is 346 g/mol. The Morgan fingerprint density at radius 2 is 2.21 bits per heavy atom. The minimum absolute atomic E-state index is 0.0371. The molecule has 2 rings (SSSR count). The highest BCUT2D eigenvalue weighted by Gasteiger charge is 2.33. The summed E-state index contributed by atoms with van der Waals surface area (Å²) >= 11 is 0. The van der Waals surface area contributed by atoms with Gasteiger partial charge in [-0.05, 0) is 26.0 Å². The molecule has 0 aromatic carbocycles. The predicted octanol–water partition coefficient (Wildman–Crippen LogP) is 1.39. The summed E-state index contributed by atoms with van der Waals surface area (Å²) in [5.41, 5.74) is -0.779. The van der Waals surface area contributed by atoms with E-state index in [4.69, 9.17) is 4.74 Å². The number of carbonyl (C=O) groups excluding carboxylic acids is 1. The van der Waals surface area contributed by atoms with Gasteiger partial charge in [0, 0.05) is 25.9 Å². The summed E-state index contributed by atoms with van der Waals surface area (Å²) in [6.45, 7) is 4.14. The lowest BCUT2D eigenvalue weighted by Gasteiger charge is -2.15. The lowest BCUT2D eigenvalue weighted by molar-refractivity contribution is -0.141. The Morgan fingerprint density at radius 1 is 1.46 bits per heavy atom. The molecule has 0 spiro atoms. The summed E-state index contributed by atoms with van der Waals surface area (Å²) in [6, 6.07) is 0.885. The summed E-state index contributed by atoms with van der Waals surface area (Å²) < 4.78 is 43.2. The summed E-state index contributed by atoms with van der Waals surface area (Å²) in [5.74, 6) is -0.396. The van der Waals surface area contributed by atoms with Crippen molar-refractivity contribution < 1.29 is 22.7 Å². The molecule has 1 amide bonds. The molecular weight excluding hydrogens is 325 g/mol. The number of nitrogens with one attached hydrogen (secondary N) is 1. The molecule has 9 heteroatoms. The first-order valence-corrected chi connectivity index (χ1v) is 7.70. The van der Waals surface area contributed by atoms with Crippen molar-refractivity contribution in [3.63, 3.8) is 0 Å². The first-order valence-electron chi connectivity index (χ1n) is 7.70. The molecule has 6 nitrogen and oxygen atoms in total. The van der Waals surface area contributed by atoms with Gasteiger partial charge in [-0.15, -0.1) is 0 Å². The molecule has 1 aromatic rings. The van der Waals surface area contributed by atoms with Crippen LogP contribution >= 0.6 is 0 Å². The molecule has 1 aliphatic rings. The number of aryl methyl sites for hydroxylation is 1. The molecule has 1 saturated heterocycles. The van der Waals surface area contributed by atoms with Crippen molar-refractivity contribution in [3.05, 3.63) is 23.3 Å². The fourth-order valence-electron chi connectivity index (χ4n) is 2.63. The molecule has 24 heavy (non-hydrogen) atoms. The van der Waals surface area contributed by atoms with E-state index in [1.165, 1.54) is 6.92 Å². The van der Waals surface area contributed by atoms with Crippen molar-refractivity contribution in [1.29, 1.82) is 0 Å². The zero-order valence-corrected chi connectivity index (χ0v) is 13.7. The van der Waals surface area contributed by atoms with Gasteiger partial charge in [-0.1, -0.05) is 0 Å². The highest BCUT2D eigenvalue weighted by molar-refractivity contribution is 5.79. The van der Waals surface area contributed by atoms with E-state index in [0.29, 0.717) is 13.2 Å². The monoisotopic (exact) mass is 346 g/mol. The van der Waals surface area contributed by atoms with E-state index < -0.39 is 11.9 Å². The maximum atomic E-state index is 12.7. The smallest absolute Gasteiger partial charge is 0.383 e. The van der Waals surface area contributed by atoms with Gasteiger partial charge >= 0.3 is 6.18 Å². The number of amides is 1. The predicted molar refractivity (Wildman–Crippen MR) is 80.0 cm³/mol. The van der Waals surface area contributed by atoms with Crippen LogP contribution in [0.4, 0.5) is 13.2 Å². The van der Waals surface area contributed by atoms with E-state index in [9.17, 15) is 18.0 Å². The van der Waals surface area contributed by atoms with Crippen LogP contribution in [0.5, 0.6) is 0 Å². The van der Waals surface area contributed by atoms with Crippen molar-refractivity contribution in [1.82, 2.24) is 20.2 Å². The van der Waals surface area contributed by atoms with Gasteiger partial charge in [-0.25, -0.2) is 9.97 Å². The van der Waals surface area contributed by atoms with E-state index in [1.807, 2.05) is 0 Å². The van der Waals surface area contributed by atoms with E-state index >= 15 is 0 Å². The zero-order chi connectivity index (χ0) is 17.7. The van der Waals surface area contributed by atoms with Crippen LogP contribution in [0.25, 0.3) is 0 Å². The van der Waals surface area contributed by atoms with Gasteiger partial charge in [0.2, 0.25) is 5.91 Å². The number of hydrogen-bond acceptors (Lipinski definition) is 5. The first-order chi connectivity index (χ1) is 11.3. The average Bonchev–Trinajstić information content (AvgIpc) is 2.98.